The molecule has 0 aromatic rings. The standard InChI is InChI=1S/C10H17NO/c12-8-9-4-3-7-11-6-2-1-5-10(9)11/h8-10H,1-7H2/t9?,10-/m1/s1. The van der Waals surface area contributed by atoms with E-state index in [-0.39, 0.29) is 0 Å². The summed E-state index contributed by atoms with van der Waals surface area (Å²) < 4.78 is 0. The largest absolute Gasteiger partial charge is 0.303 e. The fourth-order valence-corrected chi connectivity index (χ4v) is 2.66. The van der Waals surface area contributed by atoms with Gasteiger partial charge in [0.2, 0.25) is 0 Å². The minimum absolute atomic E-state index is 0.346. The third kappa shape index (κ3) is 1.40. The molecule has 2 fully saturated rings. The van der Waals surface area contributed by atoms with Crippen LogP contribution in [-0.2, 0) is 4.79 Å². The molecule has 0 bridgehead atoms. The molecular formula is C10H17NO. The number of fused-ring (bicyclic) bond motifs is 1. The Morgan fingerprint density at radius 3 is 2.75 bits per heavy atom. The summed E-state index contributed by atoms with van der Waals surface area (Å²) in [6.07, 6.45) is 7.45. The van der Waals surface area contributed by atoms with Gasteiger partial charge >= 0.3 is 0 Å². The normalized spacial score (nSPS) is 37.3. The predicted octanol–water partition coefficient (Wildman–Crippen LogP) is 1.45. The van der Waals surface area contributed by atoms with Crippen LogP contribution in [0.5, 0.6) is 0 Å². The predicted molar refractivity (Wildman–Crippen MR) is 48.0 cm³/mol. The SMILES string of the molecule is O=CC1CCCN2CCCC[C@H]12. The summed E-state index contributed by atoms with van der Waals surface area (Å²) >= 11 is 0. The molecule has 1 unspecified atom stereocenters. The number of hydrogen-bond acceptors (Lipinski definition) is 2. The van der Waals surface area contributed by atoms with E-state index in [1.54, 1.807) is 0 Å². The van der Waals surface area contributed by atoms with E-state index < -0.39 is 0 Å². The first-order chi connectivity index (χ1) is 5.92. The zero-order valence-corrected chi connectivity index (χ0v) is 7.54. The fraction of sp³-hybridized carbons (Fsp3) is 0.900. The number of rotatable bonds is 1. The first kappa shape index (κ1) is 8.24. The Balaban J connectivity index is 2.03. The topological polar surface area (TPSA) is 20.3 Å². The second-order valence-corrected chi connectivity index (χ2v) is 4.04. The maximum atomic E-state index is 10.8. The smallest absolute Gasteiger partial charge is 0.124 e. The summed E-state index contributed by atoms with van der Waals surface area (Å²) in [6, 6.07) is 0.602. The molecule has 0 saturated carbocycles. The van der Waals surface area contributed by atoms with E-state index in [0.717, 1.165) is 6.42 Å². The van der Waals surface area contributed by atoms with Gasteiger partial charge in [0.25, 0.3) is 0 Å². The van der Waals surface area contributed by atoms with Crippen LogP contribution in [0.2, 0.25) is 0 Å². The lowest BCUT2D eigenvalue weighted by atomic mass is 9.84. The van der Waals surface area contributed by atoms with Crippen molar-refractivity contribution in [2.75, 3.05) is 13.1 Å². The minimum Gasteiger partial charge on any atom is -0.303 e. The highest BCUT2D eigenvalue weighted by molar-refractivity contribution is 5.55. The van der Waals surface area contributed by atoms with Gasteiger partial charge in [0.15, 0.2) is 0 Å². The number of nitrogens with zero attached hydrogens (tertiary/aromatic N) is 1. The first-order valence-corrected chi connectivity index (χ1v) is 5.11. The van der Waals surface area contributed by atoms with Crippen LogP contribution >= 0.6 is 0 Å². The highest BCUT2D eigenvalue weighted by Gasteiger charge is 2.32. The molecule has 0 aliphatic carbocycles. The van der Waals surface area contributed by atoms with Gasteiger partial charge in [-0.2, -0.15) is 0 Å². The Morgan fingerprint density at radius 2 is 1.92 bits per heavy atom. The minimum atomic E-state index is 0.346. The number of carbonyl (C=O) groups is 1. The van der Waals surface area contributed by atoms with Gasteiger partial charge in [-0.25, -0.2) is 0 Å². The maximum absolute atomic E-state index is 10.8. The van der Waals surface area contributed by atoms with Crippen LogP contribution in [0.25, 0.3) is 0 Å². The number of piperidine rings is 2. The molecule has 2 aliphatic rings. The number of aldehydes is 1. The molecule has 2 saturated heterocycles. The lowest BCUT2D eigenvalue weighted by Gasteiger charge is -2.42. The van der Waals surface area contributed by atoms with Crippen molar-refractivity contribution in [2.45, 2.75) is 38.1 Å². The molecule has 0 radical (unpaired) electrons. The van der Waals surface area contributed by atoms with Crippen molar-refractivity contribution in [2.24, 2.45) is 5.92 Å². The average molecular weight is 167 g/mol. The van der Waals surface area contributed by atoms with Crippen molar-refractivity contribution in [1.29, 1.82) is 0 Å². The van der Waals surface area contributed by atoms with Gasteiger partial charge < -0.3 is 4.79 Å². The molecular weight excluding hydrogens is 150 g/mol. The van der Waals surface area contributed by atoms with Crippen LogP contribution in [-0.4, -0.2) is 30.3 Å². The van der Waals surface area contributed by atoms with Crippen molar-refractivity contribution in [3.05, 3.63) is 0 Å². The molecule has 2 nitrogen and oxygen atoms in total. The summed E-state index contributed by atoms with van der Waals surface area (Å²) in [5.74, 6) is 0.346. The van der Waals surface area contributed by atoms with Gasteiger partial charge in [0, 0.05) is 12.0 Å². The van der Waals surface area contributed by atoms with Crippen LogP contribution in [0.1, 0.15) is 32.1 Å². The molecule has 2 atom stereocenters. The van der Waals surface area contributed by atoms with Gasteiger partial charge in [-0.05, 0) is 38.8 Å². The highest BCUT2D eigenvalue weighted by atomic mass is 16.1. The van der Waals surface area contributed by atoms with Crippen molar-refractivity contribution in [3.8, 4) is 0 Å². The van der Waals surface area contributed by atoms with E-state index in [1.165, 1.54) is 45.1 Å². The molecule has 2 heterocycles. The van der Waals surface area contributed by atoms with Crippen LogP contribution in [0.3, 0.4) is 0 Å². The highest BCUT2D eigenvalue weighted by Crippen LogP contribution is 2.29. The van der Waals surface area contributed by atoms with Gasteiger partial charge in [-0.15, -0.1) is 0 Å². The molecule has 0 aromatic carbocycles. The summed E-state index contributed by atoms with van der Waals surface area (Å²) in [5.41, 5.74) is 0. The van der Waals surface area contributed by atoms with Gasteiger partial charge in [-0.3, -0.25) is 4.90 Å². The van der Waals surface area contributed by atoms with Crippen molar-refractivity contribution < 1.29 is 4.79 Å². The molecule has 12 heavy (non-hydrogen) atoms. The van der Waals surface area contributed by atoms with Crippen LogP contribution in [0.15, 0.2) is 0 Å². The second-order valence-electron chi connectivity index (χ2n) is 4.04. The zero-order chi connectivity index (χ0) is 8.39. The monoisotopic (exact) mass is 167 g/mol. The Hall–Kier alpha value is -0.370. The van der Waals surface area contributed by atoms with Crippen molar-refractivity contribution in [1.82, 2.24) is 4.90 Å². The summed E-state index contributed by atoms with van der Waals surface area (Å²) in [4.78, 5) is 13.3. The molecule has 0 amide bonds. The van der Waals surface area contributed by atoms with Crippen LogP contribution < -0.4 is 0 Å². The van der Waals surface area contributed by atoms with Gasteiger partial charge in [0.1, 0.15) is 6.29 Å². The molecule has 2 rings (SSSR count). The summed E-state index contributed by atoms with van der Waals surface area (Å²) in [5, 5.41) is 0. The van der Waals surface area contributed by atoms with Crippen molar-refractivity contribution in [3.63, 3.8) is 0 Å². The van der Waals surface area contributed by atoms with Gasteiger partial charge in [0.05, 0.1) is 0 Å². The fourth-order valence-electron chi connectivity index (χ4n) is 2.66. The summed E-state index contributed by atoms with van der Waals surface area (Å²) in [6.45, 7) is 2.46. The average Bonchev–Trinajstić information content (AvgIpc) is 2.17. The quantitative estimate of drug-likeness (QED) is 0.551. The third-order valence-corrected chi connectivity index (χ3v) is 3.32. The van der Waals surface area contributed by atoms with Crippen LogP contribution in [0, 0.1) is 5.92 Å². The number of carbonyl (C=O) groups excluding carboxylic acids is 1. The van der Waals surface area contributed by atoms with E-state index >= 15 is 0 Å². The first-order valence-electron chi connectivity index (χ1n) is 5.11. The molecule has 2 aliphatic heterocycles. The molecule has 0 N–H and O–H groups in total. The lowest BCUT2D eigenvalue weighted by molar-refractivity contribution is -0.115. The molecule has 0 aromatic heterocycles. The van der Waals surface area contributed by atoms with Crippen molar-refractivity contribution >= 4 is 6.29 Å². The molecule has 2 heteroatoms. The Kier molecular flexibility index (Phi) is 2.45. The zero-order valence-electron chi connectivity index (χ0n) is 7.54. The third-order valence-electron chi connectivity index (χ3n) is 3.32. The second kappa shape index (κ2) is 3.56. The van der Waals surface area contributed by atoms with E-state index in [9.17, 15) is 4.79 Å². The van der Waals surface area contributed by atoms with E-state index in [4.69, 9.17) is 0 Å². The Labute approximate surface area is 73.9 Å². The Morgan fingerprint density at radius 1 is 1.08 bits per heavy atom. The van der Waals surface area contributed by atoms with E-state index in [2.05, 4.69) is 4.90 Å². The van der Waals surface area contributed by atoms with E-state index in [1.807, 2.05) is 0 Å². The van der Waals surface area contributed by atoms with Gasteiger partial charge in [-0.1, -0.05) is 6.42 Å². The number of hydrogen-bond donors (Lipinski definition) is 0. The summed E-state index contributed by atoms with van der Waals surface area (Å²) in [7, 11) is 0. The van der Waals surface area contributed by atoms with E-state index in [0.29, 0.717) is 12.0 Å². The Bertz CT molecular complexity index is 167. The lowest BCUT2D eigenvalue weighted by Crippen LogP contribution is -2.48. The molecule has 0 spiro atoms. The maximum Gasteiger partial charge on any atom is 0.124 e. The molecule has 68 valence electrons. The van der Waals surface area contributed by atoms with Crippen LogP contribution in [0.4, 0.5) is 0 Å².